The smallest absolute Gasteiger partial charge is 0.226 e. The maximum absolute atomic E-state index is 12.2. The number of pyridine rings is 1. The Morgan fingerprint density at radius 1 is 1.24 bits per heavy atom. The van der Waals surface area contributed by atoms with Gasteiger partial charge >= 0.3 is 0 Å². The van der Waals surface area contributed by atoms with Crippen molar-refractivity contribution in [2.24, 2.45) is 5.41 Å². The van der Waals surface area contributed by atoms with Crippen molar-refractivity contribution in [2.45, 2.75) is 19.3 Å². The summed E-state index contributed by atoms with van der Waals surface area (Å²) >= 11 is 6.44. The second-order valence-electron chi connectivity index (χ2n) is 6.61. The number of aromatic nitrogens is 1. The molecule has 2 aliphatic heterocycles. The van der Waals surface area contributed by atoms with E-state index in [0.29, 0.717) is 17.1 Å². The third kappa shape index (κ3) is 2.70. The number of hydrogen-bond donors (Lipinski definition) is 1. The molecule has 4 heterocycles. The number of aldehydes is 1. The van der Waals surface area contributed by atoms with Crippen molar-refractivity contribution in [3.8, 4) is 11.3 Å². The minimum atomic E-state index is -0.231. The Balaban J connectivity index is 1.65. The molecule has 4 rings (SSSR count). The number of carbonyl (C=O) groups excluding carboxylic acids is 2. The fourth-order valence-electron chi connectivity index (χ4n) is 3.84. The van der Waals surface area contributed by atoms with Crippen molar-refractivity contribution in [3.63, 3.8) is 0 Å². The molecule has 0 aliphatic carbocycles. The Kier molecular flexibility index (Phi) is 4.00. The molecule has 6 nitrogen and oxygen atoms in total. The van der Waals surface area contributed by atoms with Crippen LogP contribution in [0.25, 0.3) is 11.3 Å². The first-order valence-electron chi connectivity index (χ1n) is 8.35. The van der Waals surface area contributed by atoms with Crippen LogP contribution in [0, 0.1) is 5.41 Å². The number of rotatable bonds is 3. The molecule has 2 saturated heterocycles. The molecule has 1 spiro atoms. The summed E-state index contributed by atoms with van der Waals surface area (Å²) in [4.78, 5) is 29.4. The highest BCUT2D eigenvalue weighted by atomic mass is 35.5. The zero-order valence-corrected chi connectivity index (χ0v) is 14.4. The SMILES string of the molecule is O=Cc1ccc(-c2cncc(Cl)c2N2CCC3(CCNC3=O)CC2)o1. The fraction of sp³-hybridized carbons (Fsp3) is 0.389. The van der Waals surface area contributed by atoms with Crippen LogP contribution in [-0.4, -0.2) is 36.8 Å². The fourth-order valence-corrected chi connectivity index (χ4v) is 4.12. The Hall–Kier alpha value is -2.34. The van der Waals surface area contributed by atoms with E-state index in [1.165, 1.54) is 0 Å². The molecule has 130 valence electrons. The highest BCUT2D eigenvalue weighted by Gasteiger charge is 2.44. The maximum Gasteiger partial charge on any atom is 0.226 e. The molecule has 0 aromatic carbocycles. The lowest BCUT2D eigenvalue weighted by molar-refractivity contribution is -0.128. The quantitative estimate of drug-likeness (QED) is 0.853. The topological polar surface area (TPSA) is 75.4 Å². The van der Waals surface area contributed by atoms with Gasteiger partial charge in [-0.25, -0.2) is 0 Å². The highest BCUT2D eigenvalue weighted by molar-refractivity contribution is 6.33. The van der Waals surface area contributed by atoms with Gasteiger partial charge in [-0.15, -0.1) is 0 Å². The van der Waals surface area contributed by atoms with Crippen molar-refractivity contribution in [1.82, 2.24) is 10.3 Å². The second kappa shape index (κ2) is 6.19. The molecule has 1 N–H and O–H groups in total. The molecule has 2 aromatic rings. The highest BCUT2D eigenvalue weighted by Crippen LogP contribution is 2.43. The van der Waals surface area contributed by atoms with Crippen LogP contribution in [0.3, 0.4) is 0 Å². The minimum absolute atomic E-state index is 0.176. The van der Waals surface area contributed by atoms with Crippen LogP contribution in [0.4, 0.5) is 5.69 Å². The summed E-state index contributed by atoms with van der Waals surface area (Å²) < 4.78 is 5.56. The van der Waals surface area contributed by atoms with Gasteiger partial charge in [0, 0.05) is 32.0 Å². The molecule has 0 saturated carbocycles. The van der Waals surface area contributed by atoms with Crippen molar-refractivity contribution in [1.29, 1.82) is 0 Å². The van der Waals surface area contributed by atoms with Gasteiger partial charge in [0.1, 0.15) is 5.76 Å². The van der Waals surface area contributed by atoms with Crippen LogP contribution >= 0.6 is 11.6 Å². The molecule has 2 aliphatic rings. The standard InChI is InChI=1S/C18H18ClN3O3/c19-14-10-20-9-13(15-2-1-12(11-23)25-15)16(14)22-7-4-18(5-8-22)3-6-21-17(18)24/h1-2,9-11H,3-8H2,(H,21,24). The number of carbonyl (C=O) groups is 2. The van der Waals surface area contributed by atoms with Crippen LogP contribution < -0.4 is 10.2 Å². The Morgan fingerprint density at radius 3 is 2.68 bits per heavy atom. The third-order valence-corrected chi connectivity index (χ3v) is 5.57. The first-order chi connectivity index (χ1) is 12.1. The van der Waals surface area contributed by atoms with E-state index >= 15 is 0 Å². The van der Waals surface area contributed by atoms with Gasteiger partial charge in [0.25, 0.3) is 0 Å². The lowest BCUT2D eigenvalue weighted by atomic mass is 9.77. The van der Waals surface area contributed by atoms with E-state index in [4.69, 9.17) is 16.0 Å². The van der Waals surface area contributed by atoms with Gasteiger partial charge in [-0.3, -0.25) is 14.6 Å². The number of hydrogen-bond acceptors (Lipinski definition) is 5. The summed E-state index contributed by atoms with van der Waals surface area (Å²) in [5.41, 5.74) is 1.37. The van der Waals surface area contributed by atoms with Crippen LogP contribution in [0.1, 0.15) is 29.8 Å². The van der Waals surface area contributed by atoms with Gasteiger partial charge in [0.2, 0.25) is 5.91 Å². The van der Waals surface area contributed by atoms with E-state index in [1.807, 2.05) is 0 Å². The van der Waals surface area contributed by atoms with E-state index in [-0.39, 0.29) is 17.1 Å². The van der Waals surface area contributed by atoms with Gasteiger partial charge in [-0.2, -0.15) is 0 Å². The Bertz CT molecular complexity index is 825. The largest absolute Gasteiger partial charge is 0.453 e. The molecule has 0 unspecified atom stereocenters. The van der Waals surface area contributed by atoms with Crippen LogP contribution in [0.2, 0.25) is 5.02 Å². The number of anilines is 1. The maximum atomic E-state index is 12.2. The number of halogens is 1. The van der Waals surface area contributed by atoms with Crippen LogP contribution in [0.5, 0.6) is 0 Å². The molecule has 0 bridgehead atoms. The summed E-state index contributed by atoms with van der Waals surface area (Å²) in [6.07, 6.45) is 6.48. The molecule has 25 heavy (non-hydrogen) atoms. The molecule has 2 aromatic heterocycles. The lowest BCUT2D eigenvalue weighted by Crippen LogP contribution is -2.44. The average molecular weight is 360 g/mol. The number of nitrogens with zero attached hydrogens (tertiary/aromatic N) is 2. The van der Waals surface area contributed by atoms with E-state index in [0.717, 1.165) is 50.1 Å². The predicted molar refractivity (Wildman–Crippen MR) is 93.8 cm³/mol. The first-order valence-corrected chi connectivity index (χ1v) is 8.73. The zero-order chi connectivity index (χ0) is 17.4. The van der Waals surface area contributed by atoms with E-state index in [1.54, 1.807) is 24.5 Å². The average Bonchev–Trinajstić information content (AvgIpc) is 3.24. The van der Waals surface area contributed by atoms with Gasteiger partial charge in [-0.1, -0.05) is 11.6 Å². The Morgan fingerprint density at radius 2 is 2.04 bits per heavy atom. The summed E-state index contributed by atoms with van der Waals surface area (Å²) in [5.74, 6) is 1.00. The summed E-state index contributed by atoms with van der Waals surface area (Å²) in [6.45, 7) is 2.25. The van der Waals surface area contributed by atoms with Crippen LogP contribution in [0.15, 0.2) is 28.9 Å². The van der Waals surface area contributed by atoms with Crippen LogP contribution in [-0.2, 0) is 4.79 Å². The minimum Gasteiger partial charge on any atom is -0.453 e. The van der Waals surface area contributed by atoms with Gasteiger partial charge in [0.15, 0.2) is 12.0 Å². The molecular formula is C18H18ClN3O3. The second-order valence-corrected chi connectivity index (χ2v) is 7.02. The summed E-state index contributed by atoms with van der Waals surface area (Å²) in [5, 5.41) is 3.49. The first kappa shape index (κ1) is 16.1. The van der Waals surface area contributed by atoms with Crippen molar-refractivity contribution in [3.05, 3.63) is 35.3 Å². The number of nitrogens with one attached hydrogen (secondary N) is 1. The molecule has 7 heteroatoms. The summed E-state index contributed by atoms with van der Waals surface area (Å²) in [6, 6.07) is 3.37. The number of furan rings is 1. The van der Waals surface area contributed by atoms with Crippen molar-refractivity contribution >= 4 is 29.5 Å². The third-order valence-electron chi connectivity index (χ3n) is 5.29. The van der Waals surface area contributed by atoms with E-state index in [2.05, 4.69) is 15.2 Å². The number of piperidine rings is 1. The molecule has 2 fully saturated rings. The normalized spacial score (nSPS) is 19.2. The molecular weight excluding hydrogens is 342 g/mol. The predicted octanol–water partition coefficient (Wildman–Crippen LogP) is 2.91. The zero-order valence-electron chi connectivity index (χ0n) is 13.6. The van der Waals surface area contributed by atoms with Crippen molar-refractivity contribution < 1.29 is 14.0 Å². The van der Waals surface area contributed by atoms with E-state index in [9.17, 15) is 9.59 Å². The summed E-state index contributed by atoms with van der Waals surface area (Å²) in [7, 11) is 0. The van der Waals surface area contributed by atoms with Gasteiger partial charge < -0.3 is 14.6 Å². The van der Waals surface area contributed by atoms with Gasteiger partial charge in [0.05, 0.1) is 21.7 Å². The monoisotopic (exact) mass is 359 g/mol. The number of amides is 1. The van der Waals surface area contributed by atoms with E-state index < -0.39 is 0 Å². The molecule has 1 amide bonds. The molecule has 0 atom stereocenters. The van der Waals surface area contributed by atoms with Gasteiger partial charge in [-0.05, 0) is 31.4 Å². The molecule has 0 radical (unpaired) electrons. The van der Waals surface area contributed by atoms with Crippen molar-refractivity contribution in [2.75, 3.05) is 24.5 Å². The Labute approximate surface area is 150 Å². The lowest BCUT2D eigenvalue weighted by Gasteiger charge is -2.39.